The summed E-state index contributed by atoms with van der Waals surface area (Å²) in [7, 11) is 1.67. The van der Waals surface area contributed by atoms with Crippen LogP contribution in [0.3, 0.4) is 0 Å². The third-order valence-electron chi connectivity index (χ3n) is 6.10. The van der Waals surface area contributed by atoms with Gasteiger partial charge in [-0.2, -0.15) is 0 Å². The minimum atomic E-state index is -0.328. The van der Waals surface area contributed by atoms with Crippen molar-refractivity contribution in [3.8, 4) is 5.75 Å². The number of rotatable bonds is 5. The van der Waals surface area contributed by atoms with E-state index in [-0.39, 0.29) is 12.1 Å². The van der Waals surface area contributed by atoms with Gasteiger partial charge in [-0.1, -0.05) is 72.3 Å². The fourth-order valence-electron chi connectivity index (χ4n) is 4.46. The van der Waals surface area contributed by atoms with Crippen LogP contribution in [0.5, 0.6) is 5.75 Å². The highest BCUT2D eigenvalue weighted by Gasteiger charge is 2.39. The maximum absolute atomic E-state index is 13.9. The molecule has 1 amide bonds. The Morgan fingerprint density at radius 2 is 1.55 bits per heavy atom. The number of aryl methyl sites for hydroxylation is 1. The van der Waals surface area contributed by atoms with E-state index >= 15 is 0 Å². The van der Waals surface area contributed by atoms with Crippen LogP contribution >= 0.6 is 0 Å². The molecule has 0 saturated carbocycles. The Kier molecular flexibility index (Phi) is 5.57. The Hall–Kier alpha value is -4.05. The van der Waals surface area contributed by atoms with Gasteiger partial charge < -0.3 is 9.64 Å². The van der Waals surface area contributed by atoms with E-state index in [0.717, 1.165) is 28.3 Å². The van der Waals surface area contributed by atoms with Crippen LogP contribution in [0, 0.1) is 6.92 Å². The maximum Gasteiger partial charge on any atom is 0.262 e. The highest BCUT2D eigenvalue weighted by Crippen LogP contribution is 2.42. The highest BCUT2D eigenvalue weighted by atomic mass is 16.5. The second kappa shape index (κ2) is 8.83. The van der Waals surface area contributed by atoms with Gasteiger partial charge in [-0.15, -0.1) is 0 Å². The quantitative estimate of drug-likeness (QED) is 0.366. The number of hydrogen-bond acceptors (Lipinski definition) is 3. The Bertz CT molecular complexity index is 1270. The standard InChI is InChI=1S/C29H26N2O2/c1-21-15-17-24(18-16-21)31-28(23-11-8-12-25(19-23)33-2)30(20-22-9-4-3-5-10-22)27-14-7-6-13-26(27)29(31)32/h3-19,28H,20H2,1-2H3/t28-/m0/s1. The van der Waals surface area contributed by atoms with E-state index in [1.54, 1.807) is 7.11 Å². The van der Waals surface area contributed by atoms with Crippen LogP contribution in [0.1, 0.15) is 33.2 Å². The van der Waals surface area contributed by atoms with E-state index < -0.39 is 0 Å². The summed E-state index contributed by atoms with van der Waals surface area (Å²) in [5.74, 6) is 0.758. The van der Waals surface area contributed by atoms with Crippen LogP contribution in [-0.4, -0.2) is 13.0 Å². The van der Waals surface area contributed by atoms with E-state index in [1.807, 2.05) is 77.7 Å². The third kappa shape index (κ3) is 3.96. The van der Waals surface area contributed by atoms with Crippen molar-refractivity contribution in [2.24, 2.45) is 0 Å². The second-order valence-electron chi connectivity index (χ2n) is 8.29. The molecule has 0 spiro atoms. The fraction of sp³-hybridized carbons (Fsp3) is 0.138. The summed E-state index contributed by atoms with van der Waals surface area (Å²) in [6.07, 6.45) is -0.328. The van der Waals surface area contributed by atoms with E-state index in [1.165, 1.54) is 5.56 Å². The summed E-state index contributed by atoms with van der Waals surface area (Å²) in [5, 5.41) is 0. The van der Waals surface area contributed by atoms with Gasteiger partial charge >= 0.3 is 0 Å². The van der Waals surface area contributed by atoms with Gasteiger partial charge in [0.15, 0.2) is 0 Å². The van der Waals surface area contributed by atoms with Crippen molar-refractivity contribution in [1.82, 2.24) is 0 Å². The average Bonchev–Trinajstić information content (AvgIpc) is 2.87. The SMILES string of the molecule is COc1cccc([C@H]2N(Cc3ccccc3)c3ccccc3C(=O)N2c2ccc(C)cc2)c1. The van der Waals surface area contributed by atoms with Crippen LogP contribution in [0.15, 0.2) is 103 Å². The molecule has 4 aromatic carbocycles. The normalized spacial score (nSPS) is 15.3. The first-order valence-electron chi connectivity index (χ1n) is 11.1. The summed E-state index contributed by atoms with van der Waals surface area (Å²) in [5.41, 5.74) is 5.83. The summed E-state index contributed by atoms with van der Waals surface area (Å²) in [4.78, 5) is 18.1. The molecular formula is C29H26N2O2. The highest BCUT2D eigenvalue weighted by molar-refractivity contribution is 6.12. The number of hydrogen-bond donors (Lipinski definition) is 0. The lowest BCUT2D eigenvalue weighted by Crippen LogP contribution is -2.49. The molecule has 1 atom stereocenters. The predicted molar refractivity (Wildman–Crippen MR) is 133 cm³/mol. The molecule has 0 saturated heterocycles. The maximum atomic E-state index is 13.9. The lowest BCUT2D eigenvalue weighted by Gasteiger charge is -2.46. The Labute approximate surface area is 194 Å². The van der Waals surface area contributed by atoms with E-state index in [9.17, 15) is 4.79 Å². The smallest absolute Gasteiger partial charge is 0.262 e. The molecule has 0 fully saturated rings. The van der Waals surface area contributed by atoms with E-state index in [0.29, 0.717) is 12.1 Å². The van der Waals surface area contributed by atoms with Gasteiger partial charge in [0.25, 0.3) is 5.91 Å². The van der Waals surface area contributed by atoms with Crippen molar-refractivity contribution in [2.45, 2.75) is 19.6 Å². The van der Waals surface area contributed by atoms with Crippen molar-refractivity contribution in [1.29, 1.82) is 0 Å². The van der Waals surface area contributed by atoms with Crippen LogP contribution < -0.4 is 14.5 Å². The zero-order valence-corrected chi connectivity index (χ0v) is 18.8. The van der Waals surface area contributed by atoms with Gasteiger partial charge in [0.2, 0.25) is 0 Å². The van der Waals surface area contributed by atoms with Gasteiger partial charge in [0.1, 0.15) is 11.9 Å². The first-order valence-corrected chi connectivity index (χ1v) is 11.1. The lowest BCUT2D eigenvalue weighted by atomic mass is 9.98. The molecule has 0 aromatic heterocycles. The summed E-state index contributed by atoms with van der Waals surface area (Å²) >= 11 is 0. The number of benzene rings is 4. The molecule has 0 aliphatic carbocycles. The van der Waals surface area contributed by atoms with Crippen LogP contribution in [0.4, 0.5) is 11.4 Å². The molecule has 4 nitrogen and oxygen atoms in total. The van der Waals surface area contributed by atoms with Gasteiger partial charge in [-0.3, -0.25) is 9.69 Å². The second-order valence-corrected chi connectivity index (χ2v) is 8.29. The van der Waals surface area contributed by atoms with Crippen molar-refractivity contribution < 1.29 is 9.53 Å². The average molecular weight is 435 g/mol. The van der Waals surface area contributed by atoms with Crippen molar-refractivity contribution >= 4 is 17.3 Å². The topological polar surface area (TPSA) is 32.8 Å². The molecular weight excluding hydrogens is 408 g/mol. The summed E-state index contributed by atoms with van der Waals surface area (Å²) in [6, 6.07) is 34.4. The number of nitrogens with zero attached hydrogens (tertiary/aromatic N) is 2. The van der Waals surface area contributed by atoms with Crippen molar-refractivity contribution in [3.05, 3.63) is 125 Å². The number of carbonyl (C=O) groups is 1. The number of methoxy groups -OCH3 is 1. The minimum absolute atomic E-state index is 0.00779. The number of anilines is 2. The molecule has 4 heteroatoms. The summed E-state index contributed by atoms with van der Waals surface area (Å²) in [6.45, 7) is 2.72. The molecule has 0 radical (unpaired) electrons. The number of amides is 1. The van der Waals surface area contributed by atoms with Gasteiger partial charge in [-0.25, -0.2) is 0 Å². The number of ether oxygens (including phenoxy) is 1. The number of carbonyl (C=O) groups excluding carboxylic acids is 1. The molecule has 164 valence electrons. The molecule has 1 aliphatic rings. The number of para-hydroxylation sites is 1. The van der Waals surface area contributed by atoms with Crippen LogP contribution in [-0.2, 0) is 6.54 Å². The van der Waals surface area contributed by atoms with Crippen LogP contribution in [0.2, 0.25) is 0 Å². The molecule has 0 unspecified atom stereocenters. The Morgan fingerprint density at radius 3 is 2.30 bits per heavy atom. The fourth-order valence-corrected chi connectivity index (χ4v) is 4.46. The molecule has 1 heterocycles. The number of fused-ring (bicyclic) bond motifs is 1. The van der Waals surface area contributed by atoms with E-state index in [4.69, 9.17) is 4.74 Å². The molecule has 1 aliphatic heterocycles. The lowest BCUT2D eigenvalue weighted by molar-refractivity contribution is 0.0968. The first kappa shape index (κ1) is 20.8. The predicted octanol–water partition coefficient (Wildman–Crippen LogP) is 6.37. The molecule has 0 N–H and O–H groups in total. The zero-order chi connectivity index (χ0) is 22.8. The first-order chi connectivity index (χ1) is 16.2. The Morgan fingerprint density at radius 1 is 0.818 bits per heavy atom. The molecule has 4 aromatic rings. The van der Waals surface area contributed by atoms with Crippen LogP contribution in [0.25, 0.3) is 0 Å². The molecule has 0 bridgehead atoms. The third-order valence-corrected chi connectivity index (χ3v) is 6.10. The van der Waals surface area contributed by atoms with Gasteiger partial charge in [-0.05, 0) is 54.4 Å². The largest absolute Gasteiger partial charge is 0.497 e. The van der Waals surface area contributed by atoms with Crippen molar-refractivity contribution in [2.75, 3.05) is 16.9 Å². The zero-order valence-electron chi connectivity index (χ0n) is 18.8. The Balaban J connectivity index is 1.73. The van der Waals surface area contributed by atoms with Gasteiger partial charge in [0, 0.05) is 12.2 Å². The molecule has 5 rings (SSSR count). The van der Waals surface area contributed by atoms with Crippen molar-refractivity contribution in [3.63, 3.8) is 0 Å². The minimum Gasteiger partial charge on any atom is -0.497 e. The van der Waals surface area contributed by atoms with E-state index in [2.05, 4.69) is 42.2 Å². The van der Waals surface area contributed by atoms with Gasteiger partial charge in [0.05, 0.1) is 18.4 Å². The summed E-state index contributed by atoms with van der Waals surface area (Å²) < 4.78 is 5.53. The monoisotopic (exact) mass is 434 g/mol. The molecule has 33 heavy (non-hydrogen) atoms.